The number of hydrogen-bond donors (Lipinski definition) is 0. The van der Waals surface area contributed by atoms with Crippen molar-refractivity contribution in [1.82, 2.24) is 0 Å². The van der Waals surface area contributed by atoms with Gasteiger partial charge in [0.15, 0.2) is 0 Å². The number of ether oxygens (including phenoxy) is 1. The van der Waals surface area contributed by atoms with Gasteiger partial charge in [-0.1, -0.05) is 94.3 Å². The lowest BCUT2D eigenvalue weighted by atomic mass is 9.83. The molecule has 0 saturated carbocycles. The van der Waals surface area contributed by atoms with E-state index in [0.717, 1.165) is 11.7 Å². The summed E-state index contributed by atoms with van der Waals surface area (Å²) < 4.78 is 5.54. The van der Waals surface area contributed by atoms with Gasteiger partial charge in [-0.05, 0) is 66.5 Å². The third-order valence-electron chi connectivity index (χ3n) is 6.24. The lowest BCUT2D eigenvalue weighted by Gasteiger charge is -2.22. The largest absolute Gasteiger partial charge is 0.494 e. The van der Waals surface area contributed by atoms with Gasteiger partial charge in [-0.2, -0.15) is 0 Å². The fourth-order valence-electron chi connectivity index (χ4n) is 4.41. The topological polar surface area (TPSA) is 9.23 Å². The minimum Gasteiger partial charge on any atom is -0.494 e. The van der Waals surface area contributed by atoms with Crippen molar-refractivity contribution < 1.29 is 4.74 Å². The summed E-state index contributed by atoms with van der Waals surface area (Å²) in [6, 6.07) is 17.5. The molecule has 0 aliphatic heterocycles. The van der Waals surface area contributed by atoms with Gasteiger partial charge in [-0.25, -0.2) is 0 Å². The van der Waals surface area contributed by atoms with Crippen molar-refractivity contribution in [3.63, 3.8) is 0 Å². The fraction of sp³-hybridized carbons (Fsp3) is 0.500. The summed E-state index contributed by atoms with van der Waals surface area (Å²) >= 11 is 0. The summed E-state index contributed by atoms with van der Waals surface area (Å²) in [5.74, 6) is 1.85. The van der Waals surface area contributed by atoms with Gasteiger partial charge in [0.2, 0.25) is 0 Å². The molecule has 0 bridgehead atoms. The van der Waals surface area contributed by atoms with E-state index in [1.807, 2.05) is 6.92 Å². The average Bonchev–Trinajstić information content (AvgIpc) is 2.78. The van der Waals surface area contributed by atoms with Crippen LogP contribution in [0.15, 0.2) is 54.6 Å². The molecule has 1 atom stereocenters. The van der Waals surface area contributed by atoms with E-state index in [1.54, 1.807) is 5.57 Å². The van der Waals surface area contributed by atoms with Crippen molar-refractivity contribution >= 4 is 5.57 Å². The smallest absolute Gasteiger partial charge is 0.119 e. The molecule has 0 radical (unpaired) electrons. The summed E-state index contributed by atoms with van der Waals surface area (Å²) in [4.78, 5) is 0. The second-order valence-electron chi connectivity index (χ2n) is 8.46. The number of rotatable bonds is 11. The van der Waals surface area contributed by atoms with Gasteiger partial charge < -0.3 is 4.74 Å². The zero-order chi connectivity index (χ0) is 20.3. The molecule has 0 saturated heterocycles. The van der Waals surface area contributed by atoms with E-state index in [0.29, 0.717) is 6.61 Å². The number of hydrogen-bond acceptors (Lipinski definition) is 1. The zero-order valence-electron chi connectivity index (χ0n) is 18.5. The lowest BCUT2D eigenvalue weighted by molar-refractivity contribution is 0.340. The molecule has 0 heterocycles. The Morgan fingerprint density at radius 3 is 2.00 bits per heavy atom. The second-order valence-corrected chi connectivity index (χ2v) is 8.46. The van der Waals surface area contributed by atoms with Crippen molar-refractivity contribution in [1.29, 1.82) is 0 Å². The minimum absolute atomic E-state index is 0.711. The predicted molar refractivity (Wildman–Crippen MR) is 126 cm³/mol. The van der Waals surface area contributed by atoms with Crippen LogP contribution in [0, 0.1) is 5.92 Å². The Bertz CT molecular complexity index is 739. The van der Waals surface area contributed by atoms with Crippen LogP contribution in [0.25, 0.3) is 16.7 Å². The Morgan fingerprint density at radius 1 is 0.759 bits per heavy atom. The van der Waals surface area contributed by atoms with Gasteiger partial charge in [0.1, 0.15) is 5.75 Å². The maximum absolute atomic E-state index is 5.54. The van der Waals surface area contributed by atoms with Gasteiger partial charge >= 0.3 is 0 Å². The van der Waals surface area contributed by atoms with Crippen molar-refractivity contribution in [3.05, 3.63) is 60.2 Å². The molecule has 0 spiro atoms. The Morgan fingerprint density at radius 2 is 1.38 bits per heavy atom. The molecule has 0 fully saturated rings. The third kappa shape index (κ3) is 6.77. The van der Waals surface area contributed by atoms with Crippen molar-refractivity contribution in [3.8, 4) is 16.9 Å². The molecule has 2 aromatic carbocycles. The van der Waals surface area contributed by atoms with E-state index in [1.165, 1.54) is 80.9 Å². The highest BCUT2D eigenvalue weighted by Gasteiger charge is 2.15. The van der Waals surface area contributed by atoms with Crippen LogP contribution < -0.4 is 4.74 Å². The van der Waals surface area contributed by atoms with E-state index in [9.17, 15) is 0 Å². The minimum atomic E-state index is 0.711. The van der Waals surface area contributed by atoms with E-state index < -0.39 is 0 Å². The maximum Gasteiger partial charge on any atom is 0.119 e. The Balaban J connectivity index is 1.48. The number of benzene rings is 2. The summed E-state index contributed by atoms with van der Waals surface area (Å²) in [7, 11) is 0. The molecule has 1 nitrogen and oxygen atoms in total. The monoisotopic (exact) mass is 390 g/mol. The summed E-state index contributed by atoms with van der Waals surface area (Å²) in [5.41, 5.74) is 5.46. The van der Waals surface area contributed by atoms with E-state index in [4.69, 9.17) is 4.74 Å². The van der Waals surface area contributed by atoms with Gasteiger partial charge in [0.25, 0.3) is 0 Å². The van der Waals surface area contributed by atoms with E-state index in [-0.39, 0.29) is 0 Å². The Labute approximate surface area is 178 Å². The molecule has 156 valence electrons. The van der Waals surface area contributed by atoms with E-state index >= 15 is 0 Å². The molecule has 1 aliphatic carbocycles. The van der Waals surface area contributed by atoms with Crippen LogP contribution in [0.4, 0.5) is 0 Å². The second kappa shape index (κ2) is 11.9. The molecule has 29 heavy (non-hydrogen) atoms. The van der Waals surface area contributed by atoms with Crippen LogP contribution in [-0.2, 0) is 0 Å². The van der Waals surface area contributed by atoms with Crippen LogP contribution >= 0.6 is 0 Å². The van der Waals surface area contributed by atoms with Crippen LogP contribution in [-0.4, -0.2) is 6.61 Å². The van der Waals surface area contributed by atoms with Gasteiger partial charge in [-0.15, -0.1) is 0 Å². The third-order valence-corrected chi connectivity index (χ3v) is 6.24. The molecule has 1 aliphatic rings. The highest BCUT2D eigenvalue weighted by Crippen LogP contribution is 2.34. The molecule has 1 unspecified atom stereocenters. The molecule has 0 aromatic heterocycles. The van der Waals surface area contributed by atoms with E-state index in [2.05, 4.69) is 61.5 Å². The first-order valence-corrected chi connectivity index (χ1v) is 11.8. The molecule has 0 N–H and O–H groups in total. The van der Waals surface area contributed by atoms with Crippen LogP contribution in [0.5, 0.6) is 5.75 Å². The molecule has 3 rings (SSSR count). The van der Waals surface area contributed by atoms with Crippen LogP contribution in [0.3, 0.4) is 0 Å². The quantitative estimate of drug-likeness (QED) is 0.349. The van der Waals surface area contributed by atoms with Gasteiger partial charge in [0.05, 0.1) is 6.61 Å². The zero-order valence-corrected chi connectivity index (χ0v) is 18.5. The average molecular weight is 391 g/mol. The number of allylic oxidation sites excluding steroid dienone is 2. The summed E-state index contributed by atoms with van der Waals surface area (Å²) in [6.07, 6.45) is 16.3. The molecule has 0 amide bonds. The van der Waals surface area contributed by atoms with Crippen LogP contribution in [0.1, 0.15) is 83.6 Å². The Hall–Kier alpha value is -2.02. The normalized spacial score (nSPS) is 16.5. The molecule has 2 aromatic rings. The van der Waals surface area contributed by atoms with Crippen LogP contribution in [0.2, 0.25) is 0 Å². The molecular formula is C28H38O. The highest BCUT2D eigenvalue weighted by atomic mass is 16.5. The molecular weight excluding hydrogens is 352 g/mol. The predicted octanol–water partition coefficient (Wildman–Crippen LogP) is 8.69. The number of unbranched alkanes of at least 4 members (excludes halogenated alkanes) is 5. The van der Waals surface area contributed by atoms with Crippen molar-refractivity contribution in [2.24, 2.45) is 5.92 Å². The fourth-order valence-corrected chi connectivity index (χ4v) is 4.41. The Kier molecular flexibility index (Phi) is 8.86. The SMILES string of the molecule is CCCCCCCCC1CC=C(c2ccc(-c3ccc(OCC)cc3)cc2)CC1. The standard InChI is InChI=1S/C28H38O/c1-3-5-6-7-8-9-10-23-11-13-24(14-12-23)25-15-17-26(18-16-25)27-19-21-28(22-20-27)29-4-2/h13,15-23H,3-12,14H2,1-2H3. The first kappa shape index (κ1) is 21.7. The first-order valence-electron chi connectivity index (χ1n) is 11.8. The van der Waals surface area contributed by atoms with Crippen molar-refractivity contribution in [2.45, 2.75) is 78.1 Å². The molecule has 1 heteroatoms. The maximum atomic E-state index is 5.54. The lowest BCUT2D eigenvalue weighted by Crippen LogP contribution is -2.05. The summed E-state index contributed by atoms with van der Waals surface area (Å²) in [6.45, 7) is 5.02. The first-order chi connectivity index (χ1) is 14.3. The highest BCUT2D eigenvalue weighted by molar-refractivity contribution is 5.71. The van der Waals surface area contributed by atoms with Crippen molar-refractivity contribution in [2.75, 3.05) is 6.61 Å². The van der Waals surface area contributed by atoms with Gasteiger partial charge in [0, 0.05) is 0 Å². The van der Waals surface area contributed by atoms with Gasteiger partial charge in [-0.3, -0.25) is 0 Å². The summed E-state index contributed by atoms with van der Waals surface area (Å²) in [5, 5.41) is 0.